The van der Waals surface area contributed by atoms with Gasteiger partial charge in [0.1, 0.15) is 0 Å². The van der Waals surface area contributed by atoms with E-state index in [0.29, 0.717) is 6.04 Å². The van der Waals surface area contributed by atoms with E-state index in [-0.39, 0.29) is 0 Å². The maximum Gasteiger partial charge on any atom is 0.203 e. The fraction of sp³-hybridized carbons (Fsp3) is 0.400. The first kappa shape index (κ1) is 12.7. The van der Waals surface area contributed by atoms with Gasteiger partial charge in [0.25, 0.3) is 0 Å². The predicted octanol–water partition coefficient (Wildman–Crippen LogP) is 3.54. The normalized spacial score (nSPS) is 12.4. The van der Waals surface area contributed by atoms with Crippen molar-refractivity contribution in [2.45, 2.75) is 33.7 Å². The van der Waals surface area contributed by atoms with Gasteiger partial charge in [-0.1, -0.05) is 24.3 Å². The second-order valence-electron chi connectivity index (χ2n) is 4.68. The van der Waals surface area contributed by atoms with Crippen molar-refractivity contribution in [3.8, 4) is 0 Å². The Kier molecular flexibility index (Phi) is 3.70. The maximum atomic E-state index is 4.53. The molecule has 2 aromatic rings. The van der Waals surface area contributed by atoms with Crippen molar-refractivity contribution in [2.24, 2.45) is 0 Å². The Bertz CT molecular complexity index is 528. The van der Waals surface area contributed by atoms with Crippen molar-refractivity contribution in [3.63, 3.8) is 0 Å². The fourth-order valence-corrected chi connectivity index (χ4v) is 2.31. The molecular weight excluding hydrogens is 222 g/mol. The number of nitrogens with one attached hydrogen (secondary N) is 1. The highest BCUT2D eigenvalue weighted by atomic mass is 15.2. The van der Waals surface area contributed by atoms with Gasteiger partial charge >= 0.3 is 0 Å². The molecule has 1 unspecified atom stereocenters. The Labute approximate surface area is 109 Å². The average Bonchev–Trinajstić information content (AvgIpc) is 2.71. The van der Waals surface area contributed by atoms with Gasteiger partial charge in [-0.05, 0) is 38.8 Å². The van der Waals surface area contributed by atoms with Crippen LogP contribution in [0.5, 0.6) is 0 Å². The van der Waals surface area contributed by atoms with Crippen LogP contribution in [0.25, 0.3) is 0 Å². The SMILES string of the molecule is CCNc1nc(C)cn1C(C)c1ccccc1C. The third-order valence-electron chi connectivity index (χ3n) is 3.24. The quantitative estimate of drug-likeness (QED) is 0.890. The summed E-state index contributed by atoms with van der Waals surface area (Å²) in [7, 11) is 0. The largest absolute Gasteiger partial charge is 0.356 e. The van der Waals surface area contributed by atoms with E-state index < -0.39 is 0 Å². The third-order valence-corrected chi connectivity index (χ3v) is 3.24. The minimum atomic E-state index is 0.293. The summed E-state index contributed by atoms with van der Waals surface area (Å²) in [5.74, 6) is 0.950. The van der Waals surface area contributed by atoms with E-state index in [4.69, 9.17) is 0 Å². The van der Waals surface area contributed by atoms with Crippen LogP contribution in [0.15, 0.2) is 30.5 Å². The smallest absolute Gasteiger partial charge is 0.203 e. The molecule has 0 aliphatic rings. The highest BCUT2D eigenvalue weighted by Gasteiger charge is 2.14. The molecule has 96 valence electrons. The van der Waals surface area contributed by atoms with Gasteiger partial charge in [-0.25, -0.2) is 4.98 Å². The van der Waals surface area contributed by atoms with Crippen molar-refractivity contribution in [3.05, 3.63) is 47.3 Å². The maximum absolute atomic E-state index is 4.53. The lowest BCUT2D eigenvalue weighted by molar-refractivity contribution is 0.640. The lowest BCUT2D eigenvalue weighted by atomic mass is 10.0. The molecule has 2 rings (SSSR count). The van der Waals surface area contributed by atoms with E-state index in [0.717, 1.165) is 18.2 Å². The number of aryl methyl sites for hydroxylation is 2. The van der Waals surface area contributed by atoms with E-state index in [1.165, 1.54) is 11.1 Å². The Morgan fingerprint density at radius 1 is 1.28 bits per heavy atom. The molecule has 0 fully saturated rings. The van der Waals surface area contributed by atoms with Gasteiger partial charge in [0.2, 0.25) is 5.95 Å². The van der Waals surface area contributed by atoms with Crippen LogP contribution in [-0.2, 0) is 0 Å². The molecule has 0 saturated heterocycles. The first-order chi connectivity index (χ1) is 8.63. The molecule has 0 aliphatic carbocycles. The molecule has 0 amide bonds. The molecule has 18 heavy (non-hydrogen) atoms. The van der Waals surface area contributed by atoms with E-state index >= 15 is 0 Å². The summed E-state index contributed by atoms with van der Waals surface area (Å²) in [6.07, 6.45) is 2.11. The van der Waals surface area contributed by atoms with E-state index in [1.807, 2.05) is 6.92 Å². The summed E-state index contributed by atoms with van der Waals surface area (Å²) in [6, 6.07) is 8.81. The van der Waals surface area contributed by atoms with Gasteiger partial charge in [0.05, 0.1) is 11.7 Å². The molecule has 3 heteroatoms. The molecule has 3 nitrogen and oxygen atoms in total. The number of nitrogens with zero attached hydrogens (tertiary/aromatic N) is 2. The van der Waals surface area contributed by atoms with Crippen LogP contribution in [0.3, 0.4) is 0 Å². The van der Waals surface area contributed by atoms with Crippen molar-refractivity contribution >= 4 is 5.95 Å². The van der Waals surface area contributed by atoms with Crippen LogP contribution < -0.4 is 5.32 Å². The molecule has 0 spiro atoms. The number of imidazole rings is 1. The minimum Gasteiger partial charge on any atom is -0.356 e. The molecule has 0 radical (unpaired) electrons. The lowest BCUT2D eigenvalue weighted by Gasteiger charge is -2.18. The van der Waals surface area contributed by atoms with Crippen LogP contribution in [0.4, 0.5) is 5.95 Å². The zero-order valence-corrected chi connectivity index (χ0v) is 11.6. The predicted molar refractivity (Wildman–Crippen MR) is 76.1 cm³/mol. The standard InChI is InChI=1S/C15H21N3/c1-5-16-15-17-12(3)10-18(15)13(4)14-9-7-6-8-11(14)2/h6-10,13H,5H2,1-4H3,(H,16,17). The summed E-state index contributed by atoms with van der Waals surface area (Å²) >= 11 is 0. The first-order valence-corrected chi connectivity index (χ1v) is 6.48. The number of benzene rings is 1. The summed E-state index contributed by atoms with van der Waals surface area (Å²) in [5, 5.41) is 3.32. The van der Waals surface area contributed by atoms with Gasteiger partial charge in [-0.15, -0.1) is 0 Å². The molecule has 1 atom stereocenters. The Balaban J connectivity index is 2.39. The van der Waals surface area contributed by atoms with E-state index in [1.54, 1.807) is 0 Å². The van der Waals surface area contributed by atoms with Crippen LogP contribution >= 0.6 is 0 Å². The topological polar surface area (TPSA) is 29.9 Å². The minimum absolute atomic E-state index is 0.293. The molecule has 1 aromatic carbocycles. The zero-order valence-electron chi connectivity index (χ0n) is 11.6. The van der Waals surface area contributed by atoms with Gasteiger partial charge in [0.15, 0.2) is 0 Å². The van der Waals surface area contributed by atoms with Crippen LogP contribution in [0.2, 0.25) is 0 Å². The first-order valence-electron chi connectivity index (χ1n) is 6.48. The Hall–Kier alpha value is -1.77. The second kappa shape index (κ2) is 5.25. The molecule has 0 saturated carbocycles. The average molecular weight is 243 g/mol. The van der Waals surface area contributed by atoms with Gasteiger partial charge < -0.3 is 9.88 Å². The summed E-state index contributed by atoms with van der Waals surface area (Å²) in [4.78, 5) is 4.53. The van der Waals surface area contributed by atoms with Crippen LogP contribution in [0.1, 0.15) is 36.7 Å². The molecule has 1 aromatic heterocycles. The van der Waals surface area contributed by atoms with Crippen LogP contribution in [-0.4, -0.2) is 16.1 Å². The van der Waals surface area contributed by atoms with Gasteiger partial charge in [0, 0.05) is 12.7 Å². The summed E-state index contributed by atoms with van der Waals surface area (Å²) in [5.41, 5.74) is 3.71. The van der Waals surface area contributed by atoms with E-state index in [2.05, 4.69) is 66.1 Å². The number of anilines is 1. The van der Waals surface area contributed by atoms with Gasteiger partial charge in [-0.2, -0.15) is 0 Å². The van der Waals surface area contributed by atoms with E-state index in [9.17, 15) is 0 Å². The summed E-state index contributed by atoms with van der Waals surface area (Å²) in [6.45, 7) is 9.37. The van der Waals surface area contributed by atoms with Crippen molar-refractivity contribution in [1.82, 2.24) is 9.55 Å². The molecule has 1 N–H and O–H groups in total. The fourth-order valence-electron chi connectivity index (χ4n) is 2.31. The lowest BCUT2D eigenvalue weighted by Crippen LogP contribution is -2.12. The Morgan fingerprint density at radius 2 is 2.00 bits per heavy atom. The zero-order chi connectivity index (χ0) is 13.1. The summed E-state index contributed by atoms with van der Waals surface area (Å²) < 4.78 is 2.21. The highest BCUT2D eigenvalue weighted by molar-refractivity contribution is 5.35. The highest BCUT2D eigenvalue weighted by Crippen LogP contribution is 2.25. The number of hydrogen-bond acceptors (Lipinski definition) is 2. The van der Waals surface area contributed by atoms with Gasteiger partial charge in [-0.3, -0.25) is 0 Å². The molecule has 0 aliphatic heterocycles. The number of aromatic nitrogens is 2. The van der Waals surface area contributed by atoms with Crippen molar-refractivity contribution in [2.75, 3.05) is 11.9 Å². The van der Waals surface area contributed by atoms with Crippen molar-refractivity contribution < 1.29 is 0 Å². The molecular formula is C15H21N3. The second-order valence-corrected chi connectivity index (χ2v) is 4.68. The van der Waals surface area contributed by atoms with Crippen molar-refractivity contribution in [1.29, 1.82) is 0 Å². The molecule has 0 bridgehead atoms. The Morgan fingerprint density at radius 3 is 2.67 bits per heavy atom. The third kappa shape index (κ3) is 2.40. The number of rotatable bonds is 4. The van der Waals surface area contributed by atoms with Crippen LogP contribution in [0, 0.1) is 13.8 Å². The number of hydrogen-bond donors (Lipinski definition) is 1. The molecule has 1 heterocycles. The monoisotopic (exact) mass is 243 g/mol.